The van der Waals surface area contributed by atoms with Crippen LogP contribution in [0.1, 0.15) is 0 Å². The van der Waals surface area contributed by atoms with Crippen LogP contribution in [0.2, 0.25) is 0 Å². The lowest BCUT2D eigenvalue weighted by Crippen LogP contribution is -2.29. The summed E-state index contributed by atoms with van der Waals surface area (Å²) in [6.07, 6.45) is 0. The standard InChI is InChI=1S/C5H9N2O3/c6-1-4(8)2-7-3-5(9)10/h1,7H,2-3,6H2,(H,9,10). The minimum absolute atomic E-state index is 0.0250. The Hall–Kier alpha value is -0.940. The van der Waals surface area contributed by atoms with E-state index in [1.54, 1.807) is 0 Å². The molecule has 57 valence electrons. The molecule has 5 heteroatoms. The Bertz CT molecular complexity index is 135. The number of hydrogen-bond acceptors (Lipinski definition) is 4. The molecule has 0 saturated carbocycles. The number of carbonyl (C=O) groups excluding carboxylic acids is 1. The number of rotatable bonds is 5. The van der Waals surface area contributed by atoms with Crippen molar-refractivity contribution < 1.29 is 14.7 Å². The van der Waals surface area contributed by atoms with Crippen LogP contribution in [-0.2, 0) is 9.59 Å². The molecule has 0 fully saturated rings. The molecule has 0 spiro atoms. The van der Waals surface area contributed by atoms with Gasteiger partial charge in [-0.3, -0.25) is 9.59 Å². The molecule has 0 unspecified atom stereocenters. The summed E-state index contributed by atoms with van der Waals surface area (Å²) in [6, 6.07) is 0. The van der Waals surface area contributed by atoms with Crippen molar-refractivity contribution in [3.05, 3.63) is 6.54 Å². The van der Waals surface area contributed by atoms with Gasteiger partial charge in [-0.05, 0) is 0 Å². The van der Waals surface area contributed by atoms with Crippen molar-refractivity contribution in [2.75, 3.05) is 13.1 Å². The van der Waals surface area contributed by atoms with E-state index < -0.39 is 5.97 Å². The van der Waals surface area contributed by atoms with Gasteiger partial charge in [0.15, 0.2) is 5.78 Å². The van der Waals surface area contributed by atoms with E-state index in [1.807, 2.05) is 0 Å². The molecule has 0 aromatic carbocycles. The first kappa shape index (κ1) is 9.06. The van der Waals surface area contributed by atoms with Gasteiger partial charge in [0.2, 0.25) is 0 Å². The van der Waals surface area contributed by atoms with Crippen LogP contribution in [0.5, 0.6) is 0 Å². The Morgan fingerprint density at radius 3 is 2.50 bits per heavy atom. The van der Waals surface area contributed by atoms with E-state index in [4.69, 9.17) is 10.8 Å². The molecule has 0 aliphatic carbocycles. The lowest BCUT2D eigenvalue weighted by molar-refractivity contribution is -0.135. The molecule has 0 bridgehead atoms. The predicted molar refractivity (Wildman–Crippen MR) is 34.0 cm³/mol. The van der Waals surface area contributed by atoms with E-state index in [0.717, 1.165) is 6.54 Å². The summed E-state index contributed by atoms with van der Waals surface area (Å²) in [7, 11) is 0. The number of nitrogens with two attached hydrogens (primary N) is 1. The van der Waals surface area contributed by atoms with Gasteiger partial charge in [-0.15, -0.1) is 0 Å². The molecular formula is C5H9N2O3. The zero-order chi connectivity index (χ0) is 7.98. The number of ketones is 1. The second-order valence-corrected chi connectivity index (χ2v) is 1.63. The van der Waals surface area contributed by atoms with E-state index in [0.29, 0.717) is 0 Å². The molecule has 10 heavy (non-hydrogen) atoms. The molecule has 0 aromatic rings. The third-order valence-corrected chi connectivity index (χ3v) is 0.761. The minimum Gasteiger partial charge on any atom is -0.480 e. The number of carboxylic acids is 1. The zero-order valence-electron chi connectivity index (χ0n) is 5.33. The highest BCUT2D eigenvalue weighted by Gasteiger charge is 1.99. The number of carbonyl (C=O) groups is 2. The SMILES string of the molecule is N[CH]C(=O)CNCC(=O)O. The molecule has 0 rings (SSSR count). The Kier molecular flexibility index (Phi) is 4.43. The topological polar surface area (TPSA) is 92.4 Å². The zero-order valence-corrected chi connectivity index (χ0v) is 5.33. The summed E-state index contributed by atoms with van der Waals surface area (Å²) in [5, 5.41) is 10.5. The molecule has 0 atom stereocenters. The van der Waals surface area contributed by atoms with Gasteiger partial charge in [-0.25, -0.2) is 0 Å². The van der Waals surface area contributed by atoms with Crippen molar-refractivity contribution >= 4 is 11.8 Å². The fraction of sp³-hybridized carbons (Fsp3) is 0.400. The first-order valence-electron chi connectivity index (χ1n) is 2.67. The van der Waals surface area contributed by atoms with Crippen molar-refractivity contribution in [1.82, 2.24) is 5.32 Å². The quantitative estimate of drug-likeness (QED) is 0.431. The Morgan fingerprint density at radius 2 is 2.10 bits per heavy atom. The van der Waals surface area contributed by atoms with Gasteiger partial charge in [0, 0.05) is 0 Å². The van der Waals surface area contributed by atoms with Gasteiger partial charge in [0.05, 0.1) is 19.6 Å². The number of hydrogen-bond donors (Lipinski definition) is 3. The Balaban J connectivity index is 3.20. The van der Waals surface area contributed by atoms with E-state index >= 15 is 0 Å². The maximum absolute atomic E-state index is 10.4. The van der Waals surface area contributed by atoms with E-state index in [1.165, 1.54) is 0 Å². The molecule has 0 aromatic heterocycles. The van der Waals surface area contributed by atoms with E-state index in [-0.39, 0.29) is 18.9 Å². The molecule has 0 heterocycles. The summed E-state index contributed by atoms with van der Waals surface area (Å²) in [5.41, 5.74) is 4.83. The molecule has 0 amide bonds. The van der Waals surface area contributed by atoms with Gasteiger partial charge < -0.3 is 16.2 Å². The van der Waals surface area contributed by atoms with Crippen molar-refractivity contribution in [1.29, 1.82) is 0 Å². The smallest absolute Gasteiger partial charge is 0.317 e. The van der Waals surface area contributed by atoms with Crippen molar-refractivity contribution in [2.45, 2.75) is 0 Å². The van der Waals surface area contributed by atoms with Crippen molar-refractivity contribution in [3.8, 4) is 0 Å². The summed E-state index contributed by atoms with van der Waals surface area (Å²) in [5.74, 6) is -1.31. The summed E-state index contributed by atoms with van der Waals surface area (Å²) < 4.78 is 0. The fourth-order valence-corrected chi connectivity index (χ4v) is 0.352. The van der Waals surface area contributed by atoms with Gasteiger partial charge in [-0.1, -0.05) is 0 Å². The van der Waals surface area contributed by atoms with Gasteiger partial charge >= 0.3 is 5.97 Å². The lowest BCUT2D eigenvalue weighted by Gasteiger charge is -1.96. The molecule has 4 N–H and O–H groups in total. The van der Waals surface area contributed by atoms with Crippen LogP contribution in [0.4, 0.5) is 0 Å². The highest BCUT2D eigenvalue weighted by Crippen LogP contribution is 1.68. The maximum atomic E-state index is 10.4. The first-order chi connectivity index (χ1) is 4.66. The van der Waals surface area contributed by atoms with Crippen LogP contribution in [-0.4, -0.2) is 29.9 Å². The predicted octanol–water partition coefficient (Wildman–Crippen LogP) is -1.65. The van der Waals surface area contributed by atoms with Gasteiger partial charge in [0.25, 0.3) is 0 Å². The second-order valence-electron chi connectivity index (χ2n) is 1.63. The summed E-state index contributed by atoms with van der Waals surface area (Å²) >= 11 is 0. The highest BCUT2D eigenvalue weighted by atomic mass is 16.4. The third-order valence-electron chi connectivity index (χ3n) is 0.761. The number of Topliss-reactive ketones (excluding diaryl/α,β-unsaturated/α-hetero) is 1. The summed E-state index contributed by atoms with van der Waals surface area (Å²) in [4.78, 5) is 20.2. The van der Waals surface area contributed by atoms with Crippen LogP contribution < -0.4 is 11.1 Å². The molecule has 1 radical (unpaired) electrons. The first-order valence-corrected chi connectivity index (χ1v) is 2.67. The Labute approximate surface area is 58.2 Å². The lowest BCUT2D eigenvalue weighted by atomic mass is 10.4. The maximum Gasteiger partial charge on any atom is 0.317 e. The van der Waals surface area contributed by atoms with Crippen LogP contribution in [0, 0.1) is 6.54 Å². The average molecular weight is 145 g/mol. The molecule has 5 nitrogen and oxygen atoms in total. The van der Waals surface area contributed by atoms with Crippen LogP contribution >= 0.6 is 0 Å². The van der Waals surface area contributed by atoms with Gasteiger partial charge in [0.1, 0.15) is 0 Å². The number of carboxylic acid groups (broad SMARTS) is 1. The van der Waals surface area contributed by atoms with Crippen molar-refractivity contribution in [3.63, 3.8) is 0 Å². The minimum atomic E-state index is -0.996. The molecular weight excluding hydrogens is 136 g/mol. The Morgan fingerprint density at radius 1 is 1.50 bits per heavy atom. The van der Waals surface area contributed by atoms with Crippen molar-refractivity contribution in [2.24, 2.45) is 5.73 Å². The largest absolute Gasteiger partial charge is 0.480 e. The van der Waals surface area contributed by atoms with Crippen LogP contribution in [0.3, 0.4) is 0 Å². The molecule has 0 aliphatic rings. The van der Waals surface area contributed by atoms with E-state index in [2.05, 4.69) is 5.32 Å². The monoisotopic (exact) mass is 145 g/mol. The molecule has 0 aliphatic heterocycles. The van der Waals surface area contributed by atoms with Crippen LogP contribution in [0.15, 0.2) is 0 Å². The van der Waals surface area contributed by atoms with E-state index in [9.17, 15) is 9.59 Å². The number of aliphatic carboxylic acids is 1. The normalized spacial score (nSPS) is 9.30. The van der Waals surface area contributed by atoms with Gasteiger partial charge in [-0.2, -0.15) is 0 Å². The number of nitrogens with one attached hydrogen (secondary N) is 1. The van der Waals surface area contributed by atoms with Crippen LogP contribution in [0.25, 0.3) is 0 Å². The highest BCUT2D eigenvalue weighted by molar-refractivity contribution is 5.88. The molecule has 0 saturated heterocycles. The fourth-order valence-electron chi connectivity index (χ4n) is 0.352. The average Bonchev–Trinajstić information content (AvgIpc) is 1.87. The second kappa shape index (κ2) is 4.89. The summed E-state index contributed by atoms with van der Waals surface area (Å²) in [6.45, 7) is 0.650. The third kappa shape index (κ3) is 5.20.